The van der Waals surface area contributed by atoms with E-state index in [0.29, 0.717) is 6.04 Å². The minimum Gasteiger partial charge on any atom is -0.357 e. The topological polar surface area (TPSA) is 58.4 Å². The Kier molecular flexibility index (Phi) is 4.76. The summed E-state index contributed by atoms with van der Waals surface area (Å²) in [7, 11) is 0. The Bertz CT molecular complexity index is 1000. The fourth-order valence-corrected chi connectivity index (χ4v) is 4.52. The Morgan fingerprint density at radius 3 is 2.68 bits per heavy atom. The fourth-order valence-electron chi connectivity index (χ4n) is 3.66. The number of hydrogen-bond acceptors (Lipinski definition) is 6. The summed E-state index contributed by atoms with van der Waals surface area (Å²) >= 11 is 1.61. The molecule has 6 nitrogen and oxygen atoms in total. The van der Waals surface area contributed by atoms with Gasteiger partial charge in [-0.3, -0.25) is 9.88 Å². The van der Waals surface area contributed by atoms with Gasteiger partial charge in [0.1, 0.15) is 0 Å². The van der Waals surface area contributed by atoms with Crippen LogP contribution in [0.2, 0.25) is 0 Å². The number of imidazole rings is 1. The smallest absolute Gasteiger partial charge is 0.214 e. The monoisotopic (exact) mass is 390 g/mol. The van der Waals surface area contributed by atoms with Crippen molar-refractivity contribution in [1.29, 1.82) is 0 Å². The van der Waals surface area contributed by atoms with Gasteiger partial charge in [0.05, 0.1) is 11.9 Å². The van der Waals surface area contributed by atoms with Crippen molar-refractivity contribution in [3.8, 4) is 11.3 Å². The Labute approximate surface area is 167 Å². The molecule has 142 valence electrons. The molecular weight excluding hydrogens is 368 g/mol. The van der Waals surface area contributed by atoms with Crippen LogP contribution in [-0.4, -0.2) is 43.6 Å². The normalized spacial score (nSPS) is 15.9. The second-order valence-corrected chi connectivity index (χ2v) is 8.14. The number of nitrogens with one attached hydrogen (secondary N) is 1. The highest BCUT2D eigenvalue weighted by molar-refractivity contribution is 7.20. The molecule has 7 heteroatoms. The first kappa shape index (κ1) is 17.3. The lowest BCUT2D eigenvalue weighted by Crippen LogP contribution is -2.38. The van der Waals surface area contributed by atoms with Gasteiger partial charge in [0, 0.05) is 43.6 Å². The maximum absolute atomic E-state index is 4.69. The summed E-state index contributed by atoms with van der Waals surface area (Å²) in [4.78, 5) is 12.3. The van der Waals surface area contributed by atoms with E-state index < -0.39 is 0 Å². The lowest BCUT2D eigenvalue weighted by molar-refractivity contribution is 0.211. The van der Waals surface area contributed by atoms with Gasteiger partial charge in [-0.1, -0.05) is 41.7 Å². The summed E-state index contributed by atoms with van der Waals surface area (Å²) in [5.74, 6) is 0. The SMILES string of the molecule is c1ccc(CN2CCC(Nc3nn4cc(-c5cccnc5)nc4s3)CC2)cc1. The van der Waals surface area contributed by atoms with Crippen LogP contribution in [0.15, 0.2) is 61.1 Å². The van der Waals surface area contributed by atoms with Gasteiger partial charge < -0.3 is 5.32 Å². The molecule has 0 spiro atoms. The first-order chi connectivity index (χ1) is 13.8. The van der Waals surface area contributed by atoms with Gasteiger partial charge in [-0.05, 0) is 30.5 Å². The number of rotatable bonds is 5. The van der Waals surface area contributed by atoms with E-state index in [2.05, 4.69) is 55.6 Å². The van der Waals surface area contributed by atoms with Crippen molar-refractivity contribution in [1.82, 2.24) is 24.5 Å². The minimum atomic E-state index is 0.473. The molecular formula is C21H22N6S. The second kappa shape index (κ2) is 7.69. The molecule has 1 aliphatic rings. The average Bonchev–Trinajstić information content (AvgIpc) is 3.30. The van der Waals surface area contributed by atoms with Crippen molar-refractivity contribution in [3.05, 3.63) is 66.6 Å². The van der Waals surface area contributed by atoms with E-state index in [-0.39, 0.29) is 0 Å². The van der Waals surface area contributed by atoms with Gasteiger partial charge in [0.2, 0.25) is 10.1 Å². The summed E-state index contributed by atoms with van der Waals surface area (Å²) in [6, 6.07) is 15.1. The van der Waals surface area contributed by atoms with Gasteiger partial charge in [0.15, 0.2) is 0 Å². The minimum absolute atomic E-state index is 0.473. The second-order valence-electron chi connectivity index (χ2n) is 7.18. The first-order valence-electron chi connectivity index (χ1n) is 9.63. The van der Waals surface area contributed by atoms with E-state index in [4.69, 9.17) is 0 Å². The third-order valence-corrected chi connectivity index (χ3v) is 6.02. The van der Waals surface area contributed by atoms with Gasteiger partial charge in [-0.25, -0.2) is 9.50 Å². The van der Waals surface area contributed by atoms with Crippen LogP contribution in [0, 0.1) is 0 Å². The highest BCUT2D eigenvalue weighted by Gasteiger charge is 2.20. The fraction of sp³-hybridized carbons (Fsp3) is 0.286. The maximum Gasteiger partial charge on any atom is 0.214 e. The number of fused-ring (bicyclic) bond motifs is 1. The number of aromatic nitrogens is 4. The first-order valence-corrected chi connectivity index (χ1v) is 10.4. The summed E-state index contributed by atoms with van der Waals surface area (Å²) in [5.41, 5.74) is 3.31. The molecule has 1 aliphatic heterocycles. The molecule has 0 saturated carbocycles. The molecule has 0 radical (unpaired) electrons. The van der Waals surface area contributed by atoms with Crippen LogP contribution < -0.4 is 5.32 Å². The van der Waals surface area contributed by atoms with E-state index in [9.17, 15) is 0 Å². The molecule has 1 fully saturated rings. The Morgan fingerprint density at radius 2 is 1.93 bits per heavy atom. The molecule has 0 bridgehead atoms. The van der Waals surface area contributed by atoms with Crippen molar-refractivity contribution in [2.24, 2.45) is 0 Å². The zero-order valence-corrected chi connectivity index (χ0v) is 16.3. The standard InChI is InChI=1S/C21H22N6S/c1-2-5-16(6-3-1)14-26-11-8-18(9-12-26)23-20-25-27-15-19(24-21(27)28-20)17-7-4-10-22-13-17/h1-7,10,13,15,18H,8-9,11-12,14H2,(H,23,25). The Hall–Kier alpha value is -2.77. The molecule has 5 rings (SSSR count). The van der Waals surface area contributed by atoms with Crippen molar-refractivity contribution in [3.63, 3.8) is 0 Å². The van der Waals surface area contributed by atoms with E-state index >= 15 is 0 Å². The van der Waals surface area contributed by atoms with Gasteiger partial charge in [-0.2, -0.15) is 0 Å². The molecule has 28 heavy (non-hydrogen) atoms. The number of piperidine rings is 1. The van der Waals surface area contributed by atoms with Gasteiger partial charge >= 0.3 is 0 Å². The number of pyridine rings is 1. The average molecular weight is 391 g/mol. The quantitative estimate of drug-likeness (QED) is 0.560. The zero-order valence-electron chi connectivity index (χ0n) is 15.5. The number of nitrogens with zero attached hydrogens (tertiary/aromatic N) is 5. The summed E-state index contributed by atoms with van der Waals surface area (Å²) in [5, 5.41) is 9.22. The zero-order chi connectivity index (χ0) is 18.8. The Balaban J connectivity index is 1.19. The van der Waals surface area contributed by atoms with Crippen LogP contribution in [0.5, 0.6) is 0 Å². The van der Waals surface area contributed by atoms with E-state index in [1.165, 1.54) is 5.56 Å². The molecule has 1 saturated heterocycles. The van der Waals surface area contributed by atoms with Crippen LogP contribution in [0.3, 0.4) is 0 Å². The number of hydrogen-bond donors (Lipinski definition) is 1. The van der Waals surface area contributed by atoms with Crippen LogP contribution in [0.1, 0.15) is 18.4 Å². The molecule has 1 aromatic carbocycles. The molecule has 1 N–H and O–H groups in total. The van der Waals surface area contributed by atoms with Crippen molar-refractivity contribution in [2.75, 3.05) is 18.4 Å². The number of benzene rings is 1. The van der Waals surface area contributed by atoms with Crippen molar-refractivity contribution >= 4 is 21.4 Å². The summed E-state index contributed by atoms with van der Waals surface area (Å²) < 4.78 is 1.86. The maximum atomic E-state index is 4.69. The highest BCUT2D eigenvalue weighted by Crippen LogP contribution is 2.26. The van der Waals surface area contributed by atoms with Crippen LogP contribution in [-0.2, 0) is 6.54 Å². The molecule has 3 aromatic heterocycles. The predicted molar refractivity (Wildman–Crippen MR) is 112 cm³/mol. The van der Waals surface area contributed by atoms with Crippen molar-refractivity contribution < 1.29 is 0 Å². The van der Waals surface area contributed by atoms with Crippen LogP contribution >= 0.6 is 11.3 Å². The number of anilines is 1. The molecule has 0 unspecified atom stereocenters. The van der Waals surface area contributed by atoms with E-state index in [0.717, 1.165) is 53.8 Å². The van der Waals surface area contributed by atoms with Gasteiger partial charge in [-0.15, -0.1) is 5.10 Å². The summed E-state index contributed by atoms with van der Waals surface area (Å²) in [6.45, 7) is 3.26. The lowest BCUT2D eigenvalue weighted by Gasteiger charge is -2.32. The predicted octanol–water partition coefficient (Wildman–Crippen LogP) is 3.93. The molecule has 0 amide bonds. The molecule has 4 aromatic rings. The molecule has 4 heterocycles. The Morgan fingerprint density at radius 1 is 1.07 bits per heavy atom. The third-order valence-electron chi connectivity index (χ3n) is 5.16. The number of likely N-dealkylation sites (tertiary alicyclic amines) is 1. The van der Waals surface area contributed by atoms with Crippen molar-refractivity contribution in [2.45, 2.75) is 25.4 Å². The van der Waals surface area contributed by atoms with Crippen LogP contribution in [0.4, 0.5) is 5.13 Å². The lowest BCUT2D eigenvalue weighted by atomic mass is 10.0. The van der Waals surface area contributed by atoms with E-state index in [1.807, 2.05) is 29.0 Å². The largest absolute Gasteiger partial charge is 0.357 e. The molecule has 0 atom stereocenters. The summed E-state index contributed by atoms with van der Waals surface area (Å²) in [6.07, 6.45) is 7.84. The highest BCUT2D eigenvalue weighted by atomic mass is 32.1. The molecule has 0 aliphatic carbocycles. The van der Waals surface area contributed by atoms with Crippen LogP contribution in [0.25, 0.3) is 16.2 Å². The van der Waals surface area contributed by atoms with E-state index in [1.54, 1.807) is 17.5 Å². The third kappa shape index (κ3) is 3.76. The van der Waals surface area contributed by atoms with Gasteiger partial charge in [0.25, 0.3) is 0 Å².